The van der Waals surface area contributed by atoms with Crippen LogP contribution in [0.3, 0.4) is 0 Å². The van der Waals surface area contributed by atoms with Gasteiger partial charge in [-0.3, -0.25) is 9.59 Å². The van der Waals surface area contributed by atoms with Crippen molar-refractivity contribution in [3.63, 3.8) is 0 Å². The molecule has 0 aromatic heterocycles. The normalized spacial score (nSPS) is 10.4. The van der Waals surface area contributed by atoms with Gasteiger partial charge in [0.05, 0.1) is 13.5 Å². The first-order valence-corrected chi connectivity index (χ1v) is 5.82. The maximum atomic E-state index is 10.7. The van der Waals surface area contributed by atoms with E-state index in [4.69, 9.17) is 9.84 Å². The van der Waals surface area contributed by atoms with E-state index in [0.717, 1.165) is 5.56 Å². The minimum Gasteiger partial charge on any atom is -0.496 e. The Morgan fingerprint density at radius 2 is 2.16 bits per heavy atom. The molecule has 1 aromatic rings. The Kier molecular flexibility index (Phi) is 5.60. The van der Waals surface area contributed by atoms with Gasteiger partial charge in [0, 0.05) is 19.0 Å². The standard InChI is InChI=1S/C14H17NO4/c1-10(16)15-7-3-4-11-5-6-12(9-14(17)18)13(8-11)19-2/h3-6,8H,7,9H2,1-2H3,(H,15,16)(H,17,18). The summed E-state index contributed by atoms with van der Waals surface area (Å²) in [5, 5.41) is 11.4. The molecule has 0 aliphatic heterocycles. The van der Waals surface area contributed by atoms with Gasteiger partial charge in [0.15, 0.2) is 0 Å². The van der Waals surface area contributed by atoms with Crippen molar-refractivity contribution in [2.75, 3.05) is 13.7 Å². The van der Waals surface area contributed by atoms with Crippen molar-refractivity contribution in [1.29, 1.82) is 0 Å². The maximum absolute atomic E-state index is 10.7. The van der Waals surface area contributed by atoms with Crippen LogP contribution in [-0.2, 0) is 16.0 Å². The van der Waals surface area contributed by atoms with Crippen LogP contribution in [0, 0.1) is 0 Å². The Morgan fingerprint density at radius 1 is 1.42 bits per heavy atom. The van der Waals surface area contributed by atoms with Crippen LogP contribution in [0.4, 0.5) is 0 Å². The Hall–Kier alpha value is -2.30. The van der Waals surface area contributed by atoms with Crippen LogP contribution < -0.4 is 10.1 Å². The van der Waals surface area contributed by atoms with Crippen LogP contribution in [0.15, 0.2) is 24.3 Å². The first-order valence-electron chi connectivity index (χ1n) is 5.82. The summed E-state index contributed by atoms with van der Waals surface area (Å²) < 4.78 is 5.16. The molecule has 0 saturated heterocycles. The number of hydrogen-bond donors (Lipinski definition) is 2. The summed E-state index contributed by atoms with van der Waals surface area (Å²) in [6.07, 6.45) is 3.58. The Morgan fingerprint density at radius 3 is 2.74 bits per heavy atom. The number of carboxylic acids is 1. The zero-order chi connectivity index (χ0) is 14.3. The number of amides is 1. The lowest BCUT2D eigenvalue weighted by atomic mass is 10.1. The lowest BCUT2D eigenvalue weighted by Gasteiger charge is -2.07. The fraction of sp³-hybridized carbons (Fsp3) is 0.286. The van der Waals surface area contributed by atoms with Crippen LogP contribution in [0.5, 0.6) is 5.75 Å². The van der Waals surface area contributed by atoms with E-state index in [9.17, 15) is 9.59 Å². The number of benzene rings is 1. The molecule has 0 bridgehead atoms. The largest absolute Gasteiger partial charge is 0.496 e. The highest BCUT2D eigenvalue weighted by molar-refractivity contribution is 5.73. The summed E-state index contributed by atoms with van der Waals surface area (Å²) in [6, 6.07) is 5.30. The second-order valence-corrected chi connectivity index (χ2v) is 3.98. The van der Waals surface area contributed by atoms with Crippen molar-refractivity contribution in [2.45, 2.75) is 13.3 Å². The quantitative estimate of drug-likeness (QED) is 0.815. The second-order valence-electron chi connectivity index (χ2n) is 3.98. The smallest absolute Gasteiger partial charge is 0.307 e. The number of carbonyl (C=O) groups excluding carboxylic acids is 1. The van der Waals surface area contributed by atoms with Crippen LogP contribution >= 0.6 is 0 Å². The minimum atomic E-state index is -0.896. The average molecular weight is 263 g/mol. The van der Waals surface area contributed by atoms with Gasteiger partial charge in [-0.15, -0.1) is 0 Å². The third-order valence-electron chi connectivity index (χ3n) is 2.43. The van der Waals surface area contributed by atoms with Crippen molar-refractivity contribution >= 4 is 18.0 Å². The molecule has 1 rings (SSSR count). The first-order chi connectivity index (χ1) is 9.02. The van der Waals surface area contributed by atoms with E-state index in [-0.39, 0.29) is 12.3 Å². The predicted octanol–water partition coefficient (Wildman–Crippen LogP) is 1.47. The van der Waals surface area contributed by atoms with Crippen LogP contribution in [-0.4, -0.2) is 30.6 Å². The summed E-state index contributed by atoms with van der Waals surface area (Å²) >= 11 is 0. The fourth-order valence-electron chi connectivity index (χ4n) is 1.57. The molecule has 0 unspecified atom stereocenters. The number of rotatable bonds is 6. The van der Waals surface area contributed by atoms with Gasteiger partial charge >= 0.3 is 5.97 Å². The molecule has 0 fully saturated rings. The Labute approximate surface area is 111 Å². The Balaban J connectivity index is 2.76. The molecule has 19 heavy (non-hydrogen) atoms. The number of hydrogen-bond acceptors (Lipinski definition) is 3. The lowest BCUT2D eigenvalue weighted by Crippen LogP contribution is -2.19. The highest BCUT2D eigenvalue weighted by atomic mass is 16.5. The van der Waals surface area contributed by atoms with E-state index in [1.165, 1.54) is 14.0 Å². The molecule has 5 nitrogen and oxygen atoms in total. The van der Waals surface area contributed by atoms with E-state index in [0.29, 0.717) is 17.9 Å². The van der Waals surface area contributed by atoms with Crippen LogP contribution in [0.2, 0.25) is 0 Å². The molecule has 1 aromatic carbocycles. The molecule has 0 atom stereocenters. The molecule has 2 N–H and O–H groups in total. The van der Waals surface area contributed by atoms with Crippen LogP contribution in [0.1, 0.15) is 18.1 Å². The molecule has 0 saturated carbocycles. The summed E-state index contributed by atoms with van der Waals surface area (Å²) in [5.41, 5.74) is 1.52. The first kappa shape index (κ1) is 14.8. The average Bonchev–Trinajstić information content (AvgIpc) is 2.35. The molecular formula is C14H17NO4. The van der Waals surface area contributed by atoms with Crippen molar-refractivity contribution in [3.05, 3.63) is 35.4 Å². The van der Waals surface area contributed by atoms with E-state index in [1.54, 1.807) is 12.1 Å². The summed E-state index contributed by atoms with van der Waals surface area (Å²) in [4.78, 5) is 21.4. The summed E-state index contributed by atoms with van der Waals surface area (Å²) in [7, 11) is 1.51. The topological polar surface area (TPSA) is 75.6 Å². The van der Waals surface area contributed by atoms with Gasteiger partial charge in [-0.1, -0.05) is 24.3 Å². The van der Waals surface area contributed by atoms with E-state index in [2.05, 4.69) is 5.32 Å². The molecule has 0 spiro atoms. The number of aliphatic carboxylic acids is 1. The fourth-order valence-corrected chi connectivity index (χ4v) is 1.57. The summed E-state index contributed by atoms with van der Waals surface area (Å²) in [6.45, 7) is 1.91. The third-order valence-corrected chi connectivity index (χ3v) is 2.43. The minimum absolute atomic E-state index is 0.0704. The number of ether oxygens (including phenoxy) is 1. The van der Waals surface area contributed by atoms with Crippen molar-refractivity contribution in [2.24, 2.45) is 0 Å². The molecule has 0 radical (unpaired) electrons. The van der Waals surface area contributed by atoms with E-state index >= 15 is 0 Å². The molecule has 1 amide bonds. The van der Waals surface area contributed by atoms with Gasteiger partial charge in [-0.25, -0.2) is 0 Å². The van der Waals surface area contributed by atoms with Crippen molar-refractivity contribution in [1.82, 2.24) is 5.32 Å². The SMILES string of the molecule is COc1cc(C=CCNC(C)=O)ccc1CC(=O)O. The monoisotopic (exact) mass is 263 g/mol. The van der Waals surface area contributed by atoms with Gasteiger partial charge in [-0.2, -0.15) is 0 Å². The lowest BCUT2D eigenvalue weighted by molar-refractivity contribution is -0.136. The van der Waals surface area contributed by atoms with Crippen molar-refractivity contribution < 1.29 is 19.4 Å². The zero-order valence-corrected chi connectivity index (χ0v) is 11.0. The van der Waals surface area contributed by atoms with Gasteiger partial charge in [0.1, 0.15) is 5.75 Å². The predicted molar refractivity (Wildman–Crippen MR) is 72.1 cm³/mol. The molecule has 5 heteroatoms. The van der Waals surface area contributed by atoms with Gasteiger partial charge in [0.25, 0.3) is 0 Å². The maximum Gasteiger partial charge on any atom is 0.307 e. The highest BCUT2D eigenvalue weighted by Gasteiger charge is 2.07. The van der Waals surface area contributed by atoms with Gasteiger partial charge < -0.3 is 15.2 Å². The number of methoxy groups -OCH3 is 1. The highest BCUT2D eigenvalue weighted by Crippen LogP contribution is 2.21. The van der Waals surface area contributed by atoms with E-state index in [1.807, 2.05) is 18.2 Å². The number of carboxylic acid groups (broad SMARTS) is 1. The molecule has 102 valence electrons. The summed E-state index contributed by atoms with van der Waals surface area (Å²) in [5.74, 6) is -0.435. The molecular weight excluding hydrogens is 246 g/mol. The zero-order valence-electron chi connectivity index (χ0n) is 11.0. The molecule has 0 aliphatic rings. The van der Waals surface area contributed by atoms with Gasteiger partial charge in [-0.05, 0) is 11.6 Å². The van der Waals surface area contributed by atoms with Crippen molar-refractivity contribution in [3.8, 4) is 5.75 Å². The number of nitrogens with one attached hydrogen (secondary N) is 1. The van der Waals surface area contributed by atoms with Gasteiger partial charge in [0.2, 0.25) is 5.91 Å². The van der Waals surface area contributed by atoms with E-state index < -0.39 is 5.97 Å². The second kappa shape index (κ2) is 7.20. The number of carbonyl (C=O) groups is 2. The molecule has 0 aliphatic carbocycles. The third kappa shape index (κ3) is 5.25. The van der Waals surface area contributed by atoms with Crippen LogP contribution in [0.25, 0.3) is 6.08 Å². The molecule has 0 heterocycles. The Bertz CT molecular complexity index is 494.